The second-order valence-electron chi connectivity index (χ2n) is 9.02. The Morgan fingerprint density at radius 1 is 1.16 bits per heavy atom. The highest BCUT2D eigenvalue weighted by Gasteiger charge is 2.37. The molecule has 1 fully saturated rings. The number of carbonyl (C=O) groups is 2. The number of para-hydroxylation sites is 1. The Bertz CT molecular complexity index is 901. The van der Waals surface area contributed by atoms with Gasteiger partial charge in [0.15, 0.2) is 0 Å². The molecular formula is C24H33N5O3. The number of piperidine rings is 1. The molecule has 32 heavy (non-hydrogen) atoms. The van der Waals surface area contributed by atoms with Gasteiger partial charge >= 0.3 is 0 Å². The van der Waals surface area contributed by atoms with Gasteiger partial charge in [0.25, 0.3) is 5.91 Å². The van der Waals surface area contributed by atoms with Gasteiger partial charge < -0.3 is 15.0 Å². The minimum Gasteiger partial charge on any atom is -0.493 e. The van der Waals surface area contributed by atoms with E-state index in [1.54, 1.807) is 11.0 Å². The second-order valence-corrected chi connectivity index (χ2v) is 9.02. The van der Waals surface area contributed by atoms with Crippen LogP contribution in [0.5, 0.6) is 5.75 Å². The number of nitrogens with zero attached hydrogens (tertiary/aromatic N) is 4. The van der Waals surface area contributed by atoms with Crippen LogP contribution >= 0.6 is 0 Å². The first-order valence-electron chi connectivity index (χ1n) is 11.8. The van der Waals surface area contributed by atoms with Gasteiger partial charge in [0.1, 0.15) is 18.4 Å². The van der Waals surface area contributed by atoms with Crippen molar-refractivity contribution < 1.29 is 14.3 Å². The number of aryl methyl sites for hydroxylation is 1. The lowest BCUT2D eigenvalue weighted by Crippen LogP contribution is -2.51. The van der Waals surface area contributed by atoms with Crippen LogP contribution < -0.4 is 10.1 Å². The maximum Gasteiger partial charge on any atom is 0.255 e. The molecule has 2 aliphatic heterocycles. The van der Waals surface area contributed by atoms with E-state index in [9.17, 15) is 9.59 Å². The largest absolute Gasteiger partial charge is 0.493 e. The SMILES string of the molecule is O=C1NCC2(CCCCCOc3ccccc31)CCCN(C(=O)CCCn1cncn1)C2. The van der Waals surface area contributed by atoms with Crippen LogP contribution in [0.3, 0.4) is 0 Å². The number of fused-ring (bicyclic) bond motifs is 1. The molecule has 0 radical (unpaired) electrons. The first-order valence-corrected chi connectivity index (χ1v) is 11.8. The molecule has 3 heterocycles. The number of likely N-dealkylation sites (tertiary alicyclic amines) is 1. The fourth-order valence-electron chi connectivity index (χ4n) is 4.86. The number of ether oxygens (including phenoxy) is 1. The molecule has 0 bridgehead atoms. The van der Waals surface area contributed by atoms with Crippen LogP contribution in [0.15, 0.2) is 36.9 Å². The normalized spacial score (nSPS) is 22.2. The Morgan fingerprint density at radius 3 is 2.91 bits per heavy atom. The summed E-state index contributed by atoms with van der Waals surface area (Å²) in [4.78, 5) is 31.8. The number of aromatic nitrogens is 3. The molecule has 1 aromatic carbocycles. The molecule has 172 valence electrons. The van der Waals surface area contributed by atoms with Gasteiger partial charge in [0.2, 0.25) is 5.91 Å². The standard InChI is InChI=1S/C24H33N5O3/c30-22(10-6-14-29-19-25-18-27-29)28-13-7-12-24(17-28)11-4-1-5-15-32-21-9-3-2-8-20(21)23(31)26-16-24/h2-3,8-9,18-19H,1,4-7,10-17H2,(H,26,31). The molecule has 1 aromatic heterocycles. The van der Waals surface area contributed by atoms with Crippen molar-refractivity contribution in [3.05, 3.63) is 42.5 Å². The molecular weight excluding hydrogens is 406 g/mol. The summed E-state index contributed by atoms with van der Waals surface area (Å²) in [7, 11) is 0. The van der Waals surface area contributed by atoms with Crippen molar-refractivity contribution in [2.45, 2.75) is 57.9 Å². The van der Waals surface area contributed by atoms with Crippen LogP contribution in [-0.2, 0) is 11.3 Å². The average Bonchev–Trinajstić information content (AvgIpc) is 3.33. The summed E-state index contributed by atoms with van der Waals surface area (Å²) in [5, 5.41) is 7.26. The molecule has 1 spiro atoms. The molecule has 8 nitrogen and oxygen atoms in total. The lowest BCUT2D eigenvalue weighted by molar-refractivity contribution is -0.135. The lowest BCUT2D eigenvalue weighted by atomic mass is 9.75. The summed E-state index contributed by atoms with van der Waals surface area (Å²) in [6.07, 6.45) is 10.6. The quantitative estimate of drug-likeness (QED) is 0.791. The van der Waals surface area contributed by atoms with E-state index in [0.29, 0.717) is 44.0 Å². The van der Waals surface area contributed by atoms with Gasteiger partial charge in [0.05, 0.1) is 12.2 Å². The minimum absolute atomic E-state index is 0.0650. The van der Waals surface area contributed by atoms with Crippen molar-refractivity contribution in [2.24, 2.45) is 5.41 Å². The van der Waals surface area contributed by atoms with Crippen molar-refractivity contribution in [3.8, 4) is 5.75 Å². The third kappa shape index (κ3) is 5.66. The topological polar surface area (TPSA) is 89.4 Å². The van der Waals surface area contributed by atoms with E-state index in [2.05, 4.69) is 15.4 Å². The first kappa shape index (κ1) is 22.3. The summed E-state index contributed by atoms with van der Waals surface area (Å²) in [6, 6.07) is 7.43. The number of nitrogens with one attached hydrogen (secondary N) is 1. The van der Waals surface area contributed by atoms with E-state index in [0.717, 1.165) is 51.5 Å². The third-order valence-corrected chi connectivity index (χ3v) is 6.62. The lowest BCUT2D eigenvalue weighted by Gasteiger charge is -2.43. The molecule has 1 N–H and O–H groups in total. The van der Waals surface area contributed by atoms with E-state index in [-0.39, 0.29) is 17.2 Å². The van der Waals surface area contributed by atoms with Gasteiger partial charge in [-0.1, -0.05) is 25.0 Å². The highest BCUT2D eigenvalue weighted by Crippen LogP contribution is 2.36. The van der Waals surface area contributed by atoms with Crippen molar-refractivity contribution in [3.63, 3.8) is 0 Å². The Morgan fingerprint density at radius 2 is 2.03 bits per heavy atom. The Labute approximate surface area is 189 Å². The van der Waals surface area contributed by atoms with Gasteiger partial charge in [-0.15, -0.1) is 0 Å². The summed E-state index contributed by atoms with van der Waals surface area (Å²) in [5.74, 6) is 0.740. The summed E-state index contributed by atoms with van der Waals surface area (Å²) in [5.41, 5.74) is 0.518. The molecule has 1 saturated heterocycles. The smallest absolute Gasteiger partial charge is 0.255 e. The predicted molar refractivity (Wildman–Crippen MR) is 120 cm³/mol. The Hall–Kier alpha value is -2.90. The molecule has 0 saturated carbocycles. The average molecular weight is 440 g/mol. The molecule has 0 aliphatic carbocycles. The maximum absolute atomic E-state index is 12.9. The van der Waals surface area contributed by atoms with Gasteiger partial charge in [-0.2, -0.15) is 5.10 Å². The number of rotatable bonds is 4. The van der Waals surface area contributed by atoms with Crippen LogP contribution in [-0.4, -0.2) is 57.7 Å². The summed E-state index contributed by atoms with van der Waals surface area (Å²) < 4.78 is 7.62. The monoisotopic (exact) mass is 439 g/mol. The number of benzene rings is 1. The second kappa shape index (κ2) is 10.6. The van der Waals surface area contributed by atoms with E-state index in [1.807, 2.05) is 29.2 Å². The van der Waals surface area contributed by atoms with Crippen LogP contribution in [0.1, 0.15) is 61.7 Å². The van der Waals surface area contributed by atoms with Crippen LogP contribution in [0.4, 0.5) is 0 Å². The highest BCUT2D eigenvalue weighted by molar-refractivity contribution is 5.96. The number of hydrogen-bond acceptors (Lipinski definition) is 5. The van der Waals surface area contributed by atoms with Crippen LogP contribution in [0, 0.1) is 5.41 Å². The van der Waals surface area contributed by atoms with Crippen molar-refractivity contribution >= 4 is 11.8 Å². The third-order valence-electron chi connectivity index (χ3n) is 6.62. The zero-order valence-corrected chi connectivity index (χ0v) is 18.7. The van der Waals surface area contributed by atoms with Gasteiger partial charge in [-0.05, 0) is 44.2 Å². The van der Waals surface area contributed by atoms with E-state index < -0.39 is 0 Å². The van der Waals surface area contributed by atoms with Gasteiger partial charge in [-0.25, -0.2) is 4.98 Å². The Kier molecular flexibility index (Phi) is 7.39. The fraction of sp³-hybridized carbons (Fsp3) is 0.583. The zero-order valence-electron chi connectivity index (χ0n) is 18.7. The molecule has 8 heteroatoms. The molecule has 2 amide bonds. The van der Waals surface area contributed by atoms with E-state index in [4.69, 9.17) is 4.74 Å². The minimum atomic E-state index is -0.100. The van der Waals surface area contributed by atoms with Gasteiger partial charge in [-0.3, -0.25) is 14.3 Å². The van der Waals surface area contributed by atoms with Crippen molar-refractivity contribution in [2.75, 3.05) is 26.2 Å². The number of carbonyl (C=O) groups excluding carboxylic acids is 2. The molecule has 4 rings (SSSR count). The summed E-state index contributed by atoms with van der Waals surface area (Å²) >= 11 is 0. The molecule has 1 atom stereocenters. The van der Waals surface area contributed by atoms with Gasteiger partial charge in [0, 0.05) is 38.0 Å². The number of amides is 2. The molecule has 2 aromatic rings. The van der Waals surface area contributed by atoms with E-state index in [1.165, 1.54) is 6.33 Å². The first-order chi connectivity index (χ1) is 15.7. The fourth-order valence-corrected chi connectivity index (χ4v) is 4.86. The Balaban J connectivity index is 1.40. The highest BCUT2D eigenvalue weighted by atomic mass is 16.5. The number of hydrogen-bond donors (Lipinski definition) is 1. The van der Waals surface area contributed by atoms with Crippen LogP contribution in [0.25, 0.3) is 0 Å². The van der Waals surface area contributed by atoms with Crippen molar-refractivity contribution in [1.82, 2.24) is 25.0 Å². The maximum atomic E-state index is 12.9. The molecule has 1 unspecified atom stereocenters. The van der Waals surface area contributed by atoms with E-state index >= 15 is 0 Å². The molecule has 2 aliphatic rings. The summed E-state index contributed by atoms with van der Waals surface area (Å²) in [6.45, 7) is 3.42. The van der Waals surface area contributed by atoms with Crippen molar-refractivity contribution in [1.29, 1.82) is 0 Å². The zero-order chi connectivity index (χ0) is 22.2. The van der Waals surface area contributed by atoms with Crippen LogP contribution in [0.2, 0.25) is 0 Å². The predicted octanol–water partition coefficient (Wildman–Crippen LogP) is 3.05.